The van der Waals surface area contributed by atoms with Crippen molar-refractivity contribution in [2.24, 2.45) is 17.8 Å². The van der Waals surface area contributed by atoms with Crippen molar-refractivity contribution >= 4 is 11.9 Å². The highest BCUT2D eigenvalue weighted by atomic mass is 16.1. The molecule has 0 unspecified atom stereocenters. The number of allylic oxidation sites excluding steroid dienone is 1. The highest BCUT2D eigenvalue weighted by molar-refractivity contribution is 5.80. The first-order valence-corrected chi connectivity index (χ1v) is 8.74. The van der Waals surface area contributed by atoms with Crippen molar-refractivity contribution in [1.82, 2.24) is 4.98 Å². The summed E-state index contributed by atoms with van der Waals surface area (Å²) in [5.74, 6) is 1.60. The summed E-state index contributed by atoms with van der Waals surface area (Å²) in [6.07, 6.45) is 7.27. The zero-order valence-corrected chi connectivity index (χ0v) is 14.6. The molecule has 25 heavy (non-hydrogen) atoms. The minimum Gasteiger partial charge on any atom is -0.300 e. The molecule has 3 nitrogen and oxygen atoms in total. The van der Waals surface area contributed by atoms with Crippen molar-refractivity contribution < 1.29 is 4.79 Å². The second kappa shape index (κ2) is 7.44. The van der Waals surface area contributed by atoms with E-state index in [9.17, 15) is 10.1 Å². The third-order valence-corrected chi connectivity index (χ3v) is 5.24. The largest absolute Gasteiger partial charge is 0.300 e. The molecule has 0 N–H and O–H groups in total. The van der Waals surface area contributed by atoms with Gasteiger partial charge in [0.2, 0.25) is 0 Å². The molecule has 0 bridgehead atoms. The standard InChI is InChI=1S/C22H22N2O/c1-15-11-21(25)12-17(16(15)2)7-9-20-10-8-19(14-24-20)22-6-4-3-5-18(22)13-23/h3-10,14-17H,11-12H2,1-2H3/t15-,16+,17+/m0/s1. The van der Waals surface area contributed by atoms with E-state index >= 15 is 0 Å². The molecule has 0 radical (unpaired) electrons. The Morgan fingerprint density at radius 3 is 2.68 bits per heavy atom. The maximum Gasteiger partial charge on any atom is 0.133 e. The fourth-order valence-electron chi connectivity index (χ4n) is 3.46. The summed E-state index contributed by atoms with van der Waals surface area (Å²) in [4.78, 5) is 16.3. The minimum absolute atomic E-state index is 0.289. The quantitative estimate of drug-likeness (QED) is 0.805. The summed E-state index contributed by atoms with van der Waals surface area (Å²) in [5, 5.41) is 9.22. The number of rotatable bonds is 3. The van der Waals surface area contributed by atoms with Gasteiger partial charge in [0, 0.05) is 30.2 Å². The molecule has 1 aliphatic rings. The number of carbonyl (C=O) groups excluding carboxylic acids is 1. The second-order valence-corrected chi connectivity index (χ2v) is 6.94. The summed E-state index contributed by atoms with van der Waals surface area (Å²) in [7, 11) is 0. The third-order valence-electron chi connectivity index (χ3n) is 5.24. The lowest BCUT2D eigenvalue weighted by atomic mass is 9.73. The van der Waals surface area contributed by atoms with Crippen molar-refractivity contribution in [2.45, 2.75) is 26.7 Å². The van der Waals surface area contributed by atoms with Crippen molar-refractivity contribution in [3.05, 3.63) is 59.9 Å². The summed E-state index contributed by atoms with van der Waals surface area (Å²) in [5.41, 5.74) is 3.35. The molecule has 3 atom stereocenters. The van der Waals surface area contributed by atoms with Crippen molar-refractivity contribution in [2.75, 3.05) is 0 Å². The van der Waals surface area contributed by atoms with Gasteiger partial charge in [-0.2, -0.15) is 5.26 Å². The Bertz CT molecular complexity index is 830. The molecular formula is C22H22N2O. The van der Waals surface area contributed by atoms with E-state index in [2.05, 4.69) is 31.0 Å². The summed E-state index contributed by atoms with van der Waals surface area (Å²) in [6.45, 7) is 4.38. The molecule has 1 aromatic carbocycles. The van der Waals surface area contributed by atoms with E-state index in [0.717, 1.165) is 16.8 Å². The third kappa shape index (κ3) is 3.85. The van der Waals surface area contributed by atoms with Crippen LogP contribution in [0.1, 0.15) is 37.9 Å². The molecule has 3 heteroatoms. The van der Waals surface area contributed by atoms with E-state index in [4.69, 9.17) is 0 Å². The van der Waals surface area contributed by atoms with Gasteiger partial charge in [0.25, 0.3) is 0 Å². The Kier molecular flexibility index (Phi) is 5.09. The predicted octanol–water partition coefficient (Wildman–Crippen LogP) is 4.88. The van der Waals surface area contributed by atoms with Crippen LogP contribution in [0.5, 0.6) is 0 Å². The number of carbonyl (C=O) groups is 1. The van der Waals surface area contributed by atoms with E-state index in [1.807, 2.05) is 42.5 Å². The van der Waals surface area contributed by atoms with E-state index in [0.29, 0.717) is 36.0 Å². The lowest BCUT2D eigenvalue weighted by Gasteiger charge is -2.31. The smallest absolute Gasteiger partial charge is 0.133 e. The van der Waals surface area contributed by atoms with Gasteiger partial charge >= 0.3 is 0 Å². The van der Waals surface area contributed by atoms with E-state index in [-0.39, 0.29) is 5.92 Å². The van der Waals surface area contributed by atoms with Crippen LogP contribution >= 0.6 is 0 Å². The van der Waals surface area contributed by atoms with Gasteiger partial charge in [-0.25, -0.2) is 0 Å². The maximum absolute atomic E-state index is 11.8. The Morgan fingerprint density at radius 2 is 1.96 bits per heavy atom. The molecular weight excluding hydrogens is 308 g/mol. The predicted molar refractivity (Wildman–Crippen MR) is 99.5 cm³/mol. The fourth-order valence-corrected chi connectivity index (χ4v) is 3.46. The second-order valence-electron chi connectivity index (χ2n) is 6.94. The molecule has 0 aliphatic heterocycles. The normalized spacial score (nSPS) is 23.6. The Labute approximate surface area is 149 Å². The molecule has 1 aliphatic carbocycles. The number of hydrogen-bond donors (Lipinski definition) is 0. The number of pyridine rings is 1. The molecule has 1 saturated carbocycles. The van der Waals surface area contributed by atoms with Crippen molar-refractivity contribution in [3.63, 3.8) is 0 Å². The highest BCUT2D eigenvalue weighted by Gasteiger charge is 2.29. The SMILES string of the molecule is C[C@H]1[C@H](C=Cc2ccc(-c3ccccc3C#N)cn2)CC(=O)C[C@@H]1C. The molecule has 1 heterocycles. The monoisotopic (exact) mass is 330 g/mol. The van der Waals surface area contributed by atoms with E-state index < -0.39 is 0 Å². The molecule has 0 saturated heterocycles. The molecule has 1 aromatic heterocycles. The van der Waals surface area contributed by atoms with Gasteiger partial charge in [-0.1, -0.05) is 44.2 Å². The zero-order chi connectivity index (χ0) is 17.8. The number of ketones is 1. The molecule has 1 fully saturated rings. The molecule has 0 amide bonds. The number of aromatic nitrogens is 1. The first-order chi connectivity index (χ1) is 12.1. The lowest BCUT2D eigenvalue weighted by Crippen LogP contribution is -2.28. The lowest BCUT2D eigenvalue weighted by molar-refractivity contribution is -0.123. The van der Waals surface area contributed by atoms with Crippen LogP contribution in [0, 0.1) is 29.1 Å². The van der Waals surface area contributed by atoms with Crippen LogP contribution in [-0.2, 0) is 4.79 Å². The van der Waals surface area contributed by atoms with Crippen LogP contribution < -0.4 is 0 Å². The first kappa shape index (κ1) is 17.1. The van der Waals surface area contributed by atoms with Crippen LogP contribution in [-0.4, -0.2) is 10.8 Å². The van der Waals surface area contributed by atoms with Crippen molar-refractivity contribution in [1.29, 1.82) is 5.26 Å². The zero-order valence-electron chi connectivity index (χ0n) is 14.6. The topological polar surface area (TPSA) is 53.8 Å². The number of nitriles is 1. The van der Waals surface area contributed by atoms with Crippen LogP contribution in [0.4, 0.5) is 0 Å². The summed E-state index contributed by atoms with van der Waals surface area (Å²) in [6, 6.07) is 13.7. The van der Waals surface area contributed by atoms with Gasteiger partial charge < -0.3 is 0 Å². The molecule has 126 valence electrons. The Hall–Kier alpha value is -2.73. The number of Topliss-reactive ketones (excluding diaryl/α,β-unsaturated/α-hetero) is 1. The number of hydrogen-bond acceptors (Lipinski definition) is 3. The highest BCUT2D eigenvalue weighted by Crippen LogP contribution is 2.33. The van der Waals surface area contributed by atoms with Gasteiger partial charge in [0.1, 0.15) is 5.78 Å². The van der Waals surface area contributed by atoms with Gasteiger partial charge in [0.15, 0.2) is 0 Å². The maximum atomic E-state index is 11.8. The molecule has 0 spiro atoms. The van der Waals surface area contributed by atoms with Crippen LogP contribution in [0.25, 0.3) is 17.2 Å². The Balaban J connectivity index is 1.77. The van der Waals surface area contributed by atoms with Gasteiger partial charge in [-0.05, 0) is 36.0 Å². The van der Waals surface area contributed by atoms with Crippen LogP contribution in [0.3, 0.4) is 0 Å². The average Bonchev–Trinajstić information content (AvgIpc) is 2.64. The Morgan fingerprint density at radius 1 is 1.16 bits per heavy atom. The molecule has 2 aromatic rings. The average molecular weight is 330 g/mol. The van der Waals surface area contributed by atoms with Gasteiger partial charge in [0.05, 0.1) is 17.3 Å². The summed E-state index contributed by atoms with van der Waals surface area (Å²) >= 11 is 0. The van der Waals surface area contributed by atoms with Crippen molar-refractivity contribution in [3.8, 4) is 17.2 Å². The first-order valence-electron chi connectivity index (χ1n) is 8.74. The molecule has 3 rings (SSSR count). The van der Waals surface area contributed by atoms with E-state index in [1.165, 1.54) is 0 Å². The van der Waals surface area contributed by atoms with Gasteiger partial charge in [-0.15, -0.1) is 0 Å². The van der Waals surface area contributed by atoms with Crippen LogP contribution in [0.2, 0.25) is 0 Å². The summed E-state index contributed by atoms with van der Waals surface area (Å²) < 4.78 is 0. The van der Waals surface area contributed by atoms with E-state index in [1.54, 1.807) is 6.20 Å². The number of benzene rings is 1. The van der Waals surface area contributed by atoms with Gasteiger partial charge in [-0.3, -0.25) is 9.78 Å². The van der Waals surface area contributed by atoms with Crippen LogP contribution in [0.15, 0.2) is 48.7 Å². The minimum atomic E-state index is 0.289. The number of nitrogens with zero attached hydrogens (tertiary/aromatic N) is 2. The fraction of sp³-hybridized carbons (Fsp3) is 0.318.